The Hall–Kier alpha value is -2.99. The maximum Gasteiger partial charge on any atom is 0.247 e. The zero-order chi connectivity index (χ0) is 19.5. The zero-order valence-electron chi connectivity index (χ0n) is 16.3. The van der Waals surface area contributed by atoms with Crippen LogP contribution in [-0.2, 0) is 6.54 Å². The van der Waals surface area contributed by atoms with Gasteiger partial charge in [-0.15, -0.1) is 10.2 Å². The minimum Gasteiger partial charge on any atom is -0.419 e. The minimum absolute atomic E-state index is 0.0981. The lowest BCUT2D eigenvalue weighted by atomic mass is 10.1. The van der Waals surface area contributed by atoms with Crippen molar-refractivity contribution in [2.24, 2.45) is 0 Å². The van der Waals surface area contributed by atoms with Crippen molar-refractivity contribution in [3.05, 3.63) is 65.5 Å². The number of Topliss-reactive ketones (excluding diaryl/α,β-unsaturated/α-hetero) is 1. The number of carbonyl (C=O) groups is 1. The van der Waals surface area contributed by atoms with Crippen LogP contribution in [0, 0.1) is 6.92 Å². The molecule has 0 spiro atoms. The van der Waals surface area contributed by atoms with Gasteiger partial charge in [0.1, 0.15) is 0 Å². The second kappa shape index (κ2) is 7.94. The predicted octanol–water partition coefficient (Wildman–Crippen LogP) is 3.57. The Labute approximate surface area is 164 Å². The van der Waals surface area contributed by atoms with Gasteiger partial charge in [0.15, 0.2) is 5.78 Å². The van der Waals surface area contributed by atoms with E-state index >= 15 is 0 Å². The third kappa shape index (κ3) is 4.12. The molecule has 144 valence electrons. The maximum absolute atomic E-state index is 11.4. The highest BCUT2D eigenvalue weighted by Gasteiger charge is 2.20. The Morgan fingerprint density at radius 3 is 2.46 bits per heavy atom. The van der Waals surface area contributed by atoms with Gasteiger partial charge in [-0.3, -0.25) is 9.69 Å². The number of aryl methyl sites for hydroxylation is 1. The van der Waals surface area contributed by atoms with Gasteiger partial charge in [-0.25, -0.2) is 0 Å². The summed E-state index contributed by atoms with van der Waals surface area (Å²) in [5, 5.41) is 8.41. The van der Waals surface area contributed by atoms with Crippen molar-refractivity contribution in [2.45, 2.75) is 20.4 Å². The largest absolute Gasteiger partial charge is 0.419 e. The highest BCUT2D eigenvalue weighted by molar-refractivity contribution is 5.94. The number of ketones is 1. The first-order valence-corrected chi connectivity index (χ1v) is 9.56. The van der Waals surface area contributed by atoms with E-state index in [1.54, 1.807) is 6.92 Å². The number of rotatable bonds is 5. The van der Waals surface area contributed by atoms with E-state index in [0.717, 1.165) is 43.0 Å². The van der Waals surface area contributed by atoms with Crippen LogP contribution < -0.4 is 4.90 Å². The number of aromatic nitrogens is 2. The monoisotopic (exact) mass is 376 g/mol. The van der Waals surface area contributed by atoms with Crippen LogP contribution in [0.2, 0.25) is 0 Å². The van der Waals surface area contributed by atoms with E-state index in [2.05, 4.69) is 20.0 Å². The molecule has 2 heterocycles. The van der Waals surface area contributed by atoms with Gasteiger partial charge in [0.05, 0.1) is 6.54 Å². The molecule has 6 heteroatoms. The number of benzene rings is 2. The van der Waals surface area contributed by atoms with Crippen LogP contribution in [-0.4, -0.2) is 47.1 Å². The maximum atomic E-state index is 11.4. The van der Waals surface area contributed by atoms with E-state index in [1.807, 2.05) is 55.5 Å². The summed E-state index contributed by atoms with van der Waals surface area (Å²) < 4.78 is 5.87. The van der Waals surface area contributed by atoms with Crippen LogP contribution in [0.5, 0.6) is 0 Å². The summed E-state index contributed by atoms with van der Waals surface area (Å²) in [6.45, 7) is 8.02. The van der Waals surface area contributed by atoms with Gasteiger partial charge in [-0.2, -0.15) is 0 Å². The SMILES string of the molecule is CC(=O)c1ccc(N2CCN(Cc3nnc(-c4cccc(C)c4)o3)CC2)cc1. The van der Waals surface area contributed by atoms with Gasteiger partial charge < -0.3 is 9.32 Å². The minimum atomic E-state index is 0.0981. The first kappa shape index (κ1) is 18.4. The number of hydrogen-bond acceptors (Lipinski definition) is 6. The summed E-state index contributed by atoms with van der Waals surface area (Å²) in [4.78, 5) is 16.1. The molecule has 0 radical (unpaired) electrons. The van der Waals surface area contributed by atoms with E-state index in [9.17, 15) is 4.79 Å². The van der Waals surface area contributed by atoms with Crippen LogP contribution in [0.25, 0.3) is 11.5 Å². The fourth-order valence-electron chi connectivity index (χ4n) is 3.47. The van der Waals surface area contributed by atoms with Gasteiger partial charge in [0.2, 0.25) is 11.8 Å². The molecule has 6 nitrogen and oxygen atoms in total. The fraction of sp³-hybridized carbons (Fsp3) is 0.318. The molecule has 4 rings (SSSR count). The lowest BCUT2D eigenvalue weighted by molar-refractivity contribution is 0.101. The van der Waals surface area contributed by atoms with Crippen molar-refractivity contribution in [1.82, 2.24) is 15.1 Å². The van der Waals surface area contributed by atoms with Crippen molar-refractivity contribution in [1.29, 1.82) is 0 Å². The molecule has 1 saturated heterocycles. The Kier molecular flexibility index (Phi) is 5.21. The van der Waals surface area contributed by atoms with Crippen molar-refractivity contribution in [2.75, 3.05) is 31.1 Å². The molecule has 1 fully saturated rings. The Bertz CT molecular complexity index is 957. The van der Waals surface area contributed by atoms with Crippen LogP contribution in [0.1, 0.15) is 28.7 Å². The lowest BCUT2D eigenvalue weighted by Gasteiger charge is -2.35. The average Bonchev–Trinajstić information content (AvgIpc) is 3.17. The molecule has 0 aliphatic carbocycles. The lowest BCUT2D eigenvalue weighted by Crippen LogP contribution is -2.46. The topological polar surface area (TPSA) is 62.5 Å². The summed E-state index contributed by atoms with van der Waals surface area (Å²) >= 11 is 0. The van der Waals surface area contributed by atoms with E-state index in [4.69, 9.17) is 4.42 Å². The van der Waals surface area contributed by atoms with Gasteiger partial charge in [-0.1, -0.05) is 17.7 Å². The van der Waals surface area contributed by atoms with Crippen molar-refractivity contribution in [3.8, 4) is 11.5 Å². The molecule has 0 amide bonds. The van der Waals surface area contributed by atoms with Crippen molar-refractivity contribution in [3.63, 3.8) is 0 Å². The summed E-state index contributed by atoms with van der Waals surface area (Å²) in [6, 6.07) is 15.9. The number of nitrogens with zero attached hydrogens (tertiary/aromatic N) is 4. The van der Waals surface area contributed by atoms with Gasteiger partial charge >= 0.3 is 0 Å². The molecule has 28 heavy (non-hydrogen) atoms. The third-order valence-corrected chi connectivity index (χ3v) is 5.10. The second-order valence-electron chi connectivity index (χ2n) is 7.24. The zero-order valence-corrected chi connectivity index (χ0v) is 16.3. The van der Waals surface area contributed by atoms with Gasteiger partial charge in [0.25, 0.3) is 0 Å². The smallest absolute Gasteiger partial charge is 0.247 e. The number of carbonyl (C=O) groups excluding carboxylic acids is 1. The first-order chi connectivity index (χ1) is 13.6. The molecular formula is C22H24N4O2. The van der Waals surface area contributed by atoms with E-state index in [-0.39, 0.29) is 5.78 Å². The molecule has 1 aliphatic rings. The molecule has 0 N–H and O–H groups in total. The fourth-order valence-corrected chi connectivity index (χ4v) is 3.47. The number of piperazine rings is 1. The van der Waals surface area contributed by atoms with Crippen LogP contribution >= 0.6 is 0 Å². The Balaban J connectivity index is 1.34. The number of anilines is 1. The Morgan fingerprint density at radius 1 is 1.04 bits per heavy atom. The first-order valence-electron chi connectivity index (χ1n) is 9.56. The summed E-state index contributed by atoms with van der Waals surface area (Å²) in [6.07, 6.45) is 0. The molecule has 3 aromatic rings. The van der Waals surface area contributed by atoms with E-state index < -0.39 is 0 Å². The molecule has 1 aliphatic heterocycles. The molecule has 0 saturated carbocycles. The van der Waals surface area contributed by atoms with Gasteiger partial charge in [0, 0.05) is 43.0 Å². The quantitative estimate of drug-likeness (QED) is 0.635. The predicted molar refractivity (Wildman–Crippen MR) is 108 cm³/mol. The van der Waals surface area contributed by atoms with Gasteiger partial charge in [-0.05, 0) is 50.2 Å². The summed E-state index contributed by atoms with van der Waals surface area (Å²) in [7, 11) is 0. The average molecular weight is 376 g/mol. The Morgan fingerprint density at radius 2 is 1.79 bits per heavy atom. The van der Waals surface area contributed by atoms with Crippen LogP contribution in [0.4, 0.5) is 5.69 Å². The summed E-state index contributed by atoms with van der Waals surface area (Å²) in [5.74, 6) is 1.32. The van der Waals surface area contributed by atoms with Crippen molar-refractivity contribution < 1.29 is 9.21 Å². The highest BCUT2D eigenvalue weighted by Crippen LogP contribution is 2.21. The van der Waals surface area contributed by atoms with E-state index in [0.29, 0.717) is 18.3 Å². The van der Waals surface area contributed by atoms with E-state index in [1.165, 1.54) is 5.56 Å². The molecular weight excluding hydrogens is 352 g/mol. The molecule has 0 atom stereocenters. The highest BCUT2D eigenvalue weighted by atomic mass is 16.4. The molecule has 2 aromatic carbocycles. The second-order valence-corrected chi connectivity index (χ2v) is 7.24. The molecule has 0 unspecified atom stereocenters. The third-order valence-electron chi connectivity index (χ3n) is 5.10. The van der Waals surface area contributed by atoms with Crippen molar-refractivity contribution >= 4 is 11.5 Å². The number of hydrogen-bond donors (Lipinski definition) is 0. The molecule has 1 aromatic heterocycles. The normalized spacial score (nSPS) is 15.0. The van der Waals surface area contributed by atoms with Crippen LogP contribution in [0.15, 0.2) is 52.9 Å². The standard InChI is InChI=1S/C22H24N4O2/c1-16-4-3-5-19(14-16)22-24-23-21(28-22)15-25-10-12-26(13-11-25)20-8-6-18(7-9-20)17(2)27/h3-9,14H,10-13,15H2,1-2H3. The van der Waals surface area contributed by atoms with Crippen LogP contribution in [0.3, 0.4) is 0 Å². The molecule has 0 bridgehead atoms. The summed E-state index contributed by atoms with van der Waals surface area (Å²) in [5.41, 5.74) is 4.04.